The summed E-state index contributed by atoms with van der Waals surface area (Å²) < 4.78 is 5.40. The SMILES string of the molecule is CCc1csc(C2CCCN(C(=O)CSCc3cc(-c4cccs4)on3)C2)n1. The van der Waals surface area contributed by atoms with E-state index in [9.17, 15) is 4.79 Å². The monoisotopic (exact) mass is 433 g/mol. The van der Waals surface area contributed by atoms with Gasteiger partial charge in [-0.15, -0.1) is 34.4 Å². The maximum atomic E-state index is 12.7. The number of carbonyl (C=O) groups is 1. The first-order valence-corrected chi connectivity index (χ1v) is 12.4. The number of amides is 1. The molecule has 3 aromatic rings. The van der Waals surface area contributed by atoms with E-state index in [2.05, 4.69) is 17.5 Å². The van der Waals surface area contributed by atoms with E-state index in [1.165, 1.54) is 5.01 Å². The van der Waals surface area contributed by atoms with Gasteiger partial charge in [-0.3, -0.25) is 4.79 Å². The van der Waals surface area contributed by atoms with Crippen molar-refractivity contribution < 1.29 is 9.32 Å². The van der Waals surface area contributed by atoms with Gasteiger partial charge in [0.1, 0.15) is 0 Å². The van der Waals surface area contributed by atoms with Crippen LogP contribution >= 0.6 is 34.4 Å². The number of thiazole rings is 1. The molecule has 148 valence electrons. The second-order valence-electron chi connectivity index (χ2n) is 6.86. The summed E-state index contributed by atoms with van der Waals surface area (Å²) >= 11 is 4.97. The second-order valence-corrected chi connectivity index (χ2v) is 9.69. The minimum atomic E-state index is 0.212. The number of thiophene rings is 1. The van der Waals surface area contributed by atoms with Crippen molar-refractivity contribution in [3.63, 3.8) is 0 Å². The molecular weight excluding hydrogens is 410 g/mol. The topological polar surface area (TPSA) is 59.2 Å². The average Bonchev–Trinajstić information content (AvgIpc) is 3.48. The van der Waals surface area contributed by atoms with Crippen LogP contribution in [-0.4, -0.2) is 39.8 Å². The van der Waals surface area contributed by atoms with Crippen molar-refractivity contribution in [2.75, 3.05) is 18.8 Å². The fourth-order valence-corrected chi connectivity index (χ4v) is 5.84. The largest absolute Gasteiger partial charge is 0.355 e. The van der Waals surface area contributed by atoms with Crippen LogP contribution in [0.5, 0.6) is 0 Å². The highest BCUT2D eigenvalue weighted by molar-refractivity contribution is 7.99. The van der Waals surface area contributed by atoms with Crippen molar-refractivity contribution >= 4 is 40.3 Å². The maximum Gasteiger partial charge on any atom is 0.232 e. The lowest BCUT2D eigenvalue weighted by Crippen LogP contribution is -2.40. The van der Waals surface area contributed by atoms with Gasteiger partial charge in [0.25, 0.3) is 0 Å². The third-order valence-corrected chi connectivity index (χ3v) is 7.74. The number of nitrogens with zero attached hydrogens (tertiary/aromatic N) is 3. The predicted octanol–water partition coefficient (Wildman–Crippen LogP) is 5.06. The van der Waals surface area contributed by atoms with Gasteiger partial charge in [0, 0.05) is 36.2 Å². The lowest BCUT2D eigenvalue weighted by atomic mass is 9.99. The van der Waals surface area contributed by atoms with Crippen LogP contribution in [0.15, 0.2) is 33.5 Å². The Morgan fingerprint density at radius 1 is 1.39 bits per heavy atom. The highest BCUT2D eigenvalue weighted by Crippen LogP contribution is 2.30. The number of aromatic nitrogens is 2. The molecule has 0 N–H and O–H groups in total. The third kappa shape index (κ3) is 4.67. The van der Waals surface area contributed by atoms with Crippen molar-refractivity contribution in [1.82, 2.24) is 15.0 Å². The van der Waals surface area contributed by atoms with Crippen LogP contribution in [0, 0.1) is 0 Å². The van der Waals surface area contributed by atoms with Gasteiger partial charge in [-0.05, 0) is 30.7 Å². The second kappa shape index (κ2) is 9.24. The van der Waals surface area contributed by atoms with E-state index in [1.54, 1.807) is 34.4 Å². The van der Waals surface area contributed by atoms with Crippen molar-refractivity contribution in [3.05, 3.63) is 45.4 Å². The molecule has 1 aliphatic rings. The van der Waals surface area contributed by atoms with E-state index < -0.39 is 0 Å². The van der Waals surface area contributed by atoms with Crippen LogP contribution < -0.4 is 0 Å². The summed E-state index contributed by atoms with van der Waals surface area (Å²) in [6.45, 7) is 3.78. The fraction of sp³-hybridized carbons (Fsp3) is 0.450. The molecule has 1 fully saturated rings. The van der Waals surface area contributed by atoms with Crippen LogP contribution in [0.1, 0.15) is 42.1 Å². The average molecular weight is 434 g/mol. The van der Waals surface area contributed by atoms with Gasteiger partial charge in [0.15, 0.2) is 5.76 Å². The summed E-state index contributed by atoms with van der Waals surface area (Å²) in [6.07, 6.45) is 3.15. The number of aryl methyl sites for hydroxylation is 1. The number of hydrogen-bond acceptors (Lipinski definition) is 7. The smallest absolute Gasteiger partial charge is 0.232 e. The highest BCUT2D eigenvalue weighted by Gasteiger charge is 2.26. The van der Waals surface area contributed by atoms with Crippen LogP contribution in [0.3, 0.4) is 0 Å². The Bertz CT molecular complexity index is 904. The Balaban J connectivity index is 1.26. The summed E-state index contributed by atoms with van der Waals surface area (Å²) in [4.78, 5) is 20.5. The molecule has 1 amide bonds. The lowest BCUT2D eigenvalue weighted by molar-refractivity contribution is -0.129. The van der Waals surface area contributed by atoms with Gasteiger partial charge in [-0.25, -0.2) is 4.98 Å². The number of hydrogen-bond donors (Lipinski definition) is 0. The van der Waals surface area contributed by atoms with Crippen LogP contribution in [-0.2, 0) is 17.0 Å². The first kappa shape index (κ1) is 19.7. The van der Waals surface area contributed by atoms with E-state index >= 15 is 0 Å². The molecule has 5 nitrogen and oxygen atoms in total. The Hall–Kier alpha value is -1.64. The molecule has 4 rings (SSSR count). The Morgan fingerprint density at radius 2 is 2.32 bits per heavy atom. The fourth-order valence-electron chi connectivity index (χ4n) is 3.33. The molecule has 0 radical (unpaired) electrons. The summed E-state index contributed by atoms with van der Waals surface area (Å²) in [5, 5.41) is 9.48. The summed E-state index contributed by atoms with van der Waals surface area (Å²) in [6, 6.07) is 5.98. The van der Waals surface area contributed by atoms with Crippen molar-refractivity contribution in [1.29, 1.82) is 0 Å². The summed E-state index contributed by atoms with van der Waals surface area (Å²) in [5.41, 5.74) is 2.04. The molecule has 1 aliphatic heterocycles. The van der Waals surface area contributed by atoms with Gasteiger partial charge >= 0.3 is 0 Å². The molecule has 0 spiro atoms. The van der Waals surface area contributed by atoms with Gasteiger partial charge in [-0.1, -0.05) is 18.1 Å². The predicted molar refractivity (Wildman–Crippen MR) is 116 cm³/mol. The molecule has 0 aliphatic carbocycles. The first-order valence-electron chi connectivity index (χ1n) is 9.52. The molecule has 3 aromatic heterocycles. The van der Waals surface area contributed by atoms with Crippen LogP contribution in [0.2, 0.25) is 0 Å². The van der Waals surface area contributed by atoms with Gasteiger partial charge in [0.2, 0.25) is 5.91 Å². The van der Waals surface area contributed by atoms with Crippen molar-refractivity contribution in [3.8, 4) is 10.6 Å². The normalized spacial score (nSPS) is 17.2. The van der Waals surface area contributed by atoms with E-state index in [1.807, 2.05) is 28.5 Å². The Labute approximate surface area is 177 Å². The molecular formula is C20H23N3O2S3. The first-order chi connectivity index (χ1) is 13.7. The van der Waals surface area contributed by atoms with Crippen LogP contribution in [0.25, 0.3) is 10.6 Å². The number of thioether (sulfide) groups is 1. The molecule has 8 heteroatoms. The molecule has 0 saturated carbocycles. The standard InChI is InChI=1S/C20H23N3O2S3/c1-2-15-12-28-20(21-15)14-5-3-7-23(10-14)19(24)13-26-11-16-9-17(25-22-16)18-6-4-8-27-18/h4,6,8-9,12,14H,2-3,5,7,10-11,13H2,1H3. The quantitative estimate of drug-likeness (QED) is 0.521. The zero-order valence-electron chi connectivity index (χ0n) is 15.8. The van der Waals surface area contributed by atoms with Gasteiger partial charge < -0.3 is 9.42 Å². The number of rotatable bonds is 7. The zero-order chi connectivity index (χ0) is 19.3. The maximum absolute atomic E-state index is 12.7. The molecule has 28 heavy (non-hydrogen) atoms. The molecule has 1 saturated heterocycles. The Morgan fingerprint density at radius 3 is 3.11 bits per heavy atom. The minimum Gasteiger partial charge on any atom is -0.355 e. The molecule has 4 heterocycles. The molecule has 0 bridgehead atoms. The molecule has 0 aromatic carbocycles. The molecule has 1 atom stereocenters. The third-order valence-electron chi connectivity index (χ3n) is 4.85. The molecule has 1 unspecified atom stereocenters. The number of likely N-dealkylation sites (tertiary alicyclic amines) is 1. The van der Waals surface area contributed by atoms with Gasteiger partial charge in [-0.2, -0.15) is 0 Å². The summed E-state index contributed by atoms with van der Waals surface area (Å²) in [5.74, 6) is 2.56. The number of carbonyl (C=O) groups excluding carboxylic acids is 1. The lowest BCUT2D eigenvalue weighted by Gasteiger charge is -2.31. The van der Waals surface area contributed by atoms with Crippen molar-refractivity contribution in [2.45, 2.75) is 37.9 Å². The van der Waals surface area contributed by atoms with E-state index in [-0.39, 0.29) is 5.91 Å². The van der Waals surface area contributed by atoms with Crippen molar-refractivity contribution in [2.24, 2.45) is 0 Å². The highest BCUT2D eigenvalue weighted by atomic mass is 32.2. The van der Waals surface area contributed by atoms with E-state index in [4.69, 9.17) is 9.51 Å². The zero-order valence-corrected chi connectivity index (χ0v) is 18.2. The minimum absolute atomic E-state index is 0.212. The number of piperidine rings is 1. The van der Waals surface area contributed by atoms with Crippen LogP contribution in [0.4, 0.5) is 0 Å². The van der Waals surface area contributed by atoms with Gasteiger partial charge in [0.05, 0.1) is 27.0 Å². The summed E-state index contributed by atoms with van der Waals surface area (Å²) in [7, 11) is 0. The Kier molecular flexibility index (Phi) is 6.49. The van der Waals surface area contributed by atoms with E-state index in [0.717, 1.165) is 54.4 Å². The van der Waals surface area contributed by atoms with E-state index in [0.29, 0.717) is 17.4 Å².